The number of halogens is 2. The summed E-state index contributed by atoms with van der Waals surface area (Å²) < 4.78 is 24.7. The number of phenolic OH excluding ortho intramolecular Hbond substituents is 1. The molecule has 0 saturated carbocycles. The Morgan fingerprint density at radius 3 is 2.67 bits per heavy atom. The number of rotatable bonds is 5. The average molecular weight is 259 g/mol. The molecule has 1 rings (SSSR count). The molecule has 0 aromatic heterocycles. The minimum absolute atomic E-state index is 0.0379. The van der Waals surface area contributed by atoms with Crippen LogP contribution in [-0.4, -0.2) is 47.1 Å². The monoisotopic (exact) mass is 259 g/mol. The topological polar surface area (TPSA) is 60.8 Å². The van der Waals surface area contributed by atoms with Crippen LogP contribution >= 0.6 is 0 Å². The molecule has 0 spiro atoms. The maximum Gasteiger partial charge on any atom is 0.257 e. The molecule has 0 unspecified atom stereocenters. The van der Waals surface area contributed by atoms with Crippen LogP contribution in [0, 0.1) is 6.92 Å². The van der Waals surface area contributed by atoms with Crippen LogP contribution in [0.3, 0.4) is 0 Å². The Labute approximate surface area is 103 Å². The van der Waals surface area contributed by atoms with Crippen molar-refractivity contribution in [3.05, 3.63) is 29.3 Å². The number of para-hydroxylation sites is 1. The van der Waals surface area contributed by atoms with Gasteiger partial charge in [0, 0.05) is 6.54 Å². The van der Waals surface area contributed by atoms with Crippen LogP contribution in [0.5, 0.6) is 5.75 Å². The fourth-order valence-electron chi connectivity index (χ4n) is 1.56. The maximum atomic E-state index is 12.3. The molecule has 1 aromatic carbocycles. The van der Waals surface area contributed by atoms with E-state index in [4.69, 9.17) is 5.11 Å². The van der Waals surface area contributed by atoms with Crippen LogP contribution in [0.2, 0.25) is 0 Å². The van der Waals surface area contributed by atoms with Gasteiger partial charge in [-0.05, 0) is 18.6 Å². The van der Waals surface area contributed by atoms with Crippen molar-refractivity contribution in [1.82, 2.24) is 4.90 Å². The van der Waals surface area contributed by atoms with Crippen molar-refractivity contribution >= 4 is 5.91 Å². The van der Waals surface area contributed by atoms with Gasteiger partial charge in [-0.15, -0.1) is 0 Å². The molecule has 18 heavy (non-hydrogen) atoms. The lowest BCUT2D eigenvalue weighted by Gasteiger charge is -2.22. The van der Waals surface area contributed by atoms with Crippen molar-refractivity contribution in [3.63, 3.8) is 0 Å². The molecule has 2 N–H and O–H groups in total. The second kappa shape index (κ2) is 6.30. The summed E-state index contributed by atoms with van der Waals surface area (Å²) in [5.74, 6) is -0.940. The third kappa shape index (κ3) is 3.40. The van der Waals surface area contributed by atoms with Crippen LogP contribution < -0.4 is 0 Å². The van der Waals surface area contributed by atoms with Gasteiger partial charge in [-0.3, -0.25) is 4.79 Å². The van der Waals surface area contributed by atoms with E-state index < -0.39 is 25.5 Å². The van der Waals surface area contributed by atoms with Gasteiger partial charge >= 0.3 is 0 Å². The minimum atomic E-state index is -2.69. The van der Waals surface area contributed by atoms with Gasteiger partial charge in [-0.2, -0.15) is 0 Å². The molecule has 0 heterocycles. The van der Waals surface area contributed by atoms with E-state index in [1.54, 1.807) is 19.1 Å². The average Bonchev–Trinajstić information content (AvgIpc) is 2.31. The molecule has 100 valence electrons. The SMILES string of the molecule is Cc1cccc(C(=O)N(CCO)CC(F)F)c1O. The Kier molecular flexibility index (Phi) is 5.03. The van der Waals surface area contributed by atoms with Crippen LogP contribution in [0.1, 0.15) is 15.9 Å². The molecular weight excluding hydrogens is 244 g/mol. The van der Waals surface area contributed by atoms with Gasteiger partial charge in [0.15, 0.2) is 0 Å². The van der Waals surface area contributed by atoms with Crippen LogP contribution in [0.25, 0.3) is 0 Å². The molecule has 1 amide bonds. The number of aliphatic hydroxyl groups is 1. The molecule has 1 aromatic rings. The molecule has 0 bridgehead atoms. The van der Waals surface area contributed by atoms with Crippen molar-refractivity contribution in [2.45, 2.75) is 13.3 Å². The van der Waals surface area contributed by atoms with Gasteiger partial charge < -0.3 is 15.1 Å². The number of phenols is 1. The lowest BCUT2D eigenvalue weighted by atomic mass is 10.1. The summed E-state index contributed by atoms with van der Waals surface area (Å²) in [6, 6.07) is 4.53. The Morgan fingerprint density at radius 2 is 2.11 bits per heavy atom. The number of aliphatic hydroxyl groups excluding tert-OH is 1. The first kappa shape index (κ1) is 14.4. The highest BCUT2D eigenvalue weighted by Gasteiger charge is 2.22. The first-order valence-electron chi connectivity index (χ1n) is 5.44. The van der Waals surface area contributed by atoms with E-state index in [1.807, 2.05) is 0 Å². The first-order valence-corrected chi connectivity index (χ1v) is 5.44. The summed E-state index contributed by atoms with van der Waals surface area (Å²) in [7, 11) is 0. The van der Waals surface area contributed by atoms with Gasteiger partial charge in [0.2, 0.25) is 0 Å². The Balaban J connectivity index is 2.98. The van der Waals surface area contributed by atoms with E-state index in [2.05, 4.69) is 0 Å². The molecule has 0 fully saturated rings. The molecule has 0 atom stereocenters. The highest BCUT2D eigenvalue weighted by atomic mass is 19.3. The van der Waals surface area contributed by atoms with E-state index in [9.17, 15) is 18.7 Å². The van der Waals surface area contributed by atoms with E-state index >= 15 is 0 Å². The molecule has 0 aliphatic carbocycles. The lowest BCUT2D eigenvalue weighted by molar-refractivity contribution is 0.0506. The molecule has 0 radical (unpaired) electrons. The highest BCUT2D eigenvalue weighted by Crippen LogP contribution is 2.23. The number of hydrogen-bond donors (Lipinski definition) is 2. The van der Waals surface area contributed by atoms with Crippen molar-refractivity contribution in [1.29, 1.82) is 0 Å². The van der Waals surface area contributed by atoms with E-state index in [0.29, 0.717) is 5.56 Å². The molecule has 6 heteroatoms. The second-order valence-corrected chi connectivity index (χ2v) is 3.84. The van der Waals surface area contributed by atoms with E-state index in [0.717, 1.165) is 4.90 Å². The van der Waals surface area contributed by atoms with Crippen LogP contribution in [0.4, 0.5) is 8.78 Å². The van der Waals surface area contributed by atoms with Crippen molar-refractivity contribution < 1.29 is 23.8 Å². The lowest BCUT2D eigenvalue weighted by Crippen LogP contribution is -2.37. The first-order chi connectivity index (χ1) is 8.47. The zero-order chi connectivity index (χ0) is 13.7. The number of amides is 1. The third-order valence-corrected chi connectivity index (χ3v) is 2.48. The van der Waals surface area contributed by atoms with Crippen LogP contribution in [0.15, 0.2) is 18.2 Å². The molecule has 0 aliphatic rings. The Morgan fingerprint density at radius 1 is 1.44 bits per heavy atom. The number of aromatic hydroxyl groups is 1. The van der Waals surface area contributed by atoms with Gasteiger partial charge in [0.1, 0.15) is 5.75 Å². The largest absolute Gasteiger partial charge is 0.507 e. The van der Waals surface area contributed by atoms with Gasteiger partial charge in [-0.1, -0.05) is 12.1 Å². The Bertz CT molecular complexity index is 424. The van der Waals surface area contributed by atoms with Crippen molar-refractivity contribution in [2.75, 3.05) is 19.7 Å². The number of alkyl halides is 2. The smallest absolute Gasteiger partial charge is 0.257 e. The number of carbonyl (C=O) groups excluding carboxylic acids is 1. The van der Waals surface area contributed by atoms with E-state index in [1.165, 1.54) is 6.07 Å². The van der Waals surface area contributed by atoms with Gasteiger partial charge in [0.25, 0.3) is 12.3 Å². The summed E-state index contributed by atoms with van der Waals surface area (Å²) in [5.41, 5.74) is 0.450. The van der Waals surface area contributed by atoms with E-state index in [-0.39, 0.29) is 17.9 Å². The maximum absolute atomic E-state index is 12.3. The molecular formula is C12H15F2NO3. The standard InChI is InChI=1S/C12H15F2NO3/c1-8-3-2-4-9(11(8)17)12(18)15(5-6-16)7-10(13)14/h2-4,10,16-17H,5-7H2,1H3. The second-order valence-electron chi connectivity index (χ2n) is 3.84. The summed E-state index contributed by atoms with van der Waals surface area (Å²) in [6.07, 6.45) is -2.69. The number of nitrogens with zero attached hydrogens (tertiary/aromatic N) is 1. The quantitative estimate of drug-likeness (QED) is 0.840. The summed E-state index contributed by atoms with van der Waals surface area (Å²) in [5, 5.41) is 18.5. The number of aryl methyl sites for hydroxylation is 1. The third-order valence-electron chi connectivity index (χ3n) is 2.48. The summed E-state index contributed by atoms with van der Waals surface area (Å²) >= 11 is 0. The molecule has 4 nitrogen and oxygen atoms in total. The zero-order valence-corrected chi connectivity index (χ0v) is 9.94. The fourth-order valence-corrected chi connectivity index (χ4v) is 1.56. The van der Waals surface area contributed by atoms with Crippen LogP contribution in [-0.2, 0) is 0 Å². The zero-order valence-electron chi connectivity index (χ0n) is 9.94. The highest BCUT2D eigenvalue weighted by molar-refractivity contribution is 5.97. The minimum Gasteiger partial charge on any atom is -0.507 e. The van der Waals surface area contributed by atoms with Gasteiger partial charge in [0.05, 0.1) is 18.7 Å². The number of carbonyl (C=O) groups is 1. The fraction of sp³-hybridized carbons (Fsp3) is 0.417. The number of benzene rings is 1. The van der Waals surface area contributed by atoms with Crippen molar-refractivity contribution in [3.8, 4) is 5.75 Å². The summed E-state index contributed by atoms with van der Waals surface area (Å²) in [6.45, 7) is 0.226. The molecule has 0 aliphatic heterocycles. The van der Waals surface area contributed by atoms with Crippen molar-refractivity contribution in [2.24, 2.45) is 0 Å². The summed E-state index contributed by atoms with van der Waals surface area (Å²) in [4.78, 5) is 12.8. The number of hydrogen-bond acceptors (Lipinski definition) is 3. The normalized spacial score (nSPS) is 10.7. The predicted molar refractivity (Wildman–Crippen MR) is 61.8 cm³/mol. The van der Waals surface area contributed by atoms with Gasteiger partial charge in [-0.25, -0.2) is 8.78 Å². The molecule has 0 saturated heterocycles. The predicted octanol–water partition coefficient (Wildman–Crippen LogP) is 1.40. The Hall–Kier alpha value is -1.69.